The first kappa shape index (κ1) is 15.0. The van der Waals surface area contributed by atoms with Crippen molar-refractivity contribution in [2.45, 2.75) is 39.2 Å². The molecule has 4 nitrogen and oxygen atoms in total. The van der Waals surface area contributed by atoms with Gasteiger partial charge in [-0.2, -0.15) is 0 Å². The van der Waals surface area contributed by atoms with E-state index in [1.54, 1.807) is 25.1 Å². The number of fused-ring (bicyclic) bond motifs is 1. The molecule has 1 N–H and O–H groups in total. The molecule has 5 heteroatoms. The molecule has 2 aliphatic carbocycles. The lowest BCUT2D eigenvalue weighted by Crippen LogP contribution is -2.48. The molecule has 0 aromatic heterocycles. The van der Waals surface area contributed by atoms with Crippen molar-refractivity contribution >= 4 is 11.9 Å². The number of oxime groups is 1. The summed E-state index contributed by atoms with van der Waals surface area (Å²) in [4.78, 5) is 0. The van der Waals surface area contributed by atoms with E-state index >= 15 is 0 Å². The molecule has 0 aliphatic heterocycles. The molecule has 1 aromatic carbocycles. The van der Waals surface area contributed by atoms with Gasteiger partial charge in [-0.05, 0) is 35.8 Å². The Balaban J connectivity index is 1.96. The van der Waals surface area contributed by atoms with Gasteiger partial charge in [0.05, 0.1) is 5.56 Å². The molecule has 0 bridgehead atoms. The van der Waals surface area contributed by atoms with Crippen LogP contribution in [-0.2, 0) is 0 Å². The molecule has 118 valence electrons. The van der Waals surface area contributed by atoms with Crippen molar-refractivity contribution in [1.29, 1.82) is 0 Å². The molecule has 3 atom stereocenters. The predicted octanol–water partition coefficient (Wildman–Crippen LogP) is 3.41. The average molecular weight is 304 g/mol. The normalized spacial score (nSPS) is 35.3. The van der Waals surface area contributed by atoms with Gasteiger partial charge < -0.3 is 10.4 Å². The number of rotatable bonds is 2. The largest absolute Gasteiger partial charge is 0.623 e. The van der Waals surface area contributed by atoms with E-state index in [0.29, 0.717) is 30.4 Å². The Labute approximate surface area is 129 Å². The summed E-state index contributed by atoms with van der Waals surface area (Å²) in [6.07, 6.45) is 2.50. The fraction of sp³-hybridized carbons (Fsp3) is 0.529. The summed E-state index contributed by atoms with van der Waals surface area (Å²) < 4.78 is 14.5. The van der Waals surface area contributed by atoms with Crippen molar-refractivity contribution in [2.24, 2.45) is 22.4 Å². The van der Waals surface area contributed by atoms with E-state index in [-0.39, 0.29) is 11.0 Å². The molecule has 0 spiro atoms. The maximum Gasteiger partial charge on any atom is 0.211 e. The van der Waals surface area contributed by atoms with Crippen LogP contribution in [0.2, 0.25) is 0 Å². The average Bonchev–Trinajstić information content (AvgIpc) is 3.00. The van der Waals surface area contributed by atoms with Crippen LogP contribution in [0.4, 0.5) is 4.39 Å². The van der Waals surface area contributed by atoms with Crippen LogP contribution in [0.5, 0.6) is 0 Å². The zero-order chi connectivity index (χ0) is 16.1. The number of nitrogens with zero attached hydrogens (tertiary/aromatic N) is 2. The maximum atomic E-state index is 13.8. The summed E-state index contributed by atoms with van der Waals surface area (Å²) in [6, 6.07) is 6.16. The van der Waals surface area contributed by atoms with Gasteiger partial charge in [0.1, 0.15) is 11.5 Å². The first-order valence-corrected chi connectivity index (χ1v) is 7.58. The molecule has 2 saturated carbocycles. The Hall–Kier alpha value is -1.91. The molecule has 0 radical (unpaired) electrons. The van der Waals surface area contributed by atoms with Crippen LogP contribution in [0.25, 0.3) is 0 Å². The Morgan fingerprint density at radius 2 is 2.00 bits per heavy atom. The fourth-order valence-corrected chi connectivity index (χ4v) is 3.86. The van der Waals surface area contributed by atoms with Crippen molar-refractivity contribution in [3.8, 4) is 0 Å². The van der Waals surface area contributed by atoms with E-state index in [9.17, 15) is 14.8 Å². The number of halogens is 1. The summed E-state index contributed by atoms with van der Waals surface area (Å²) in [5, 5.41) is 25.4. The van der Waals surface area contributed by atoms with Crippen molar-refractivity contribution in [1.82, 2.24) is 0 Å². The lowest BCUT2D eigenvalue weighted by atomic mass is 9.81. The van der Waals surface area contributed by atoms with Gasteiger partial charge in [0.15, 0.2) is 6.21 Å². The van der Waals surface area contributed by atoms with Crippen LogP contribution in [0, 0.1) is 28.3 Å². The molecule has 0 heterocycles. The highest BCUT2D eigenvalue weighted by Crippen LogP contribution is 2.66. The summed E-state index contributed by atoms with van der Waals surface area (Å²) in [7, 11) is 0. The quantitative estimate of drug-likeness (QED) is 0.299. The van der Waals surface area contributed by atoms with Crippen molar-refractivity contribution in [3.05, 3.63) is 40.9 Å². The molecular formula is C17H21FN2O2. The van der Waals surface area contributed by atoms with Crippen LogP contribution >= 0.6 is 0 Å². The third kappa shape index (κ3) is 2.11. The minimum Gasteiger partial charge on any atom is -0.623 e. The zero-order valence-electron chi connectivity index (χ0n) is 13.1. The highest BCUT2D eigenvalue weighted by molar-refractivity contribution is 5.94. The molecule has 2 fully saturated rings. The Kier molecular flexibility index (Phi) is 3.27. The van der Waals surface area contributed by atoms with Gasteiger partial charge in [0, 0.05) is 13.3 Å². The van der Waals surface area contributed by atoms with Crippen molar-refractivity contribution < 1.29 is 14.3 Å². The topological polar surface area (TPSA) is 58.7 Å². The van der Waals surface area contributed by atoms with Crippen LogP contribution < -0.4 is 0 Å². The second kappa shape index (κ2) is 4.80. The molecular weight excluding hydrogens is 283 g/mol. The minimum absolute atomic E-state index is 0.173. The van der Waals surface area contributed by atoms with Gasteiger partial charge in [-0.1, -0.05) is 31.1 Å². The summed E-state index contributed by atoms with van der Waals surface area (Å²) in [6.45, 7) is 6.13. The molecule has 2 aliphatic rings. The van der Waals surface area contributed by atoms with E-state index in [1.807, 2.05) is 0 Å². The molecule has 3 unspecified atom stereocenters. The fourth-order valence-electron chi connectivity index (χ4n) is 3.86. The Morgan fingerprint density at radius 3 is 2.64 bits per heavy atom. The highest BCUT2D eigenvalue weighted by Gasteiger charge is 2.66. The van der Waals surface area contributed by atoms with E-state index < -0.39 is 11.4 Å². The van der Waals surface area contributed by atoms with Crippen molar-refractivity contribution in [3.63, 3.8) is 0 Å². The molecule has 3 rings (SSSR count). The number of benzene rings is 1. The van der Waals surface area contributed by atoms with Crippen LogP contribution in [0.15, 0.2) is 29.4 Å². The second-order valence-corrected chi connectivity index (χ2v) is 7.24. The molecule has 0 amide bonds. The monoisotopic (exact) mass is 304 g/mol. The van der Waals surface area contributed by atoms with Gasteiger partial charge in [-0.3, -0.25) is 0 Å². The Morgan fingerprint density at radius 1 is 1.32 bits per heavy atom. The summed E-state index contributed by atoms with van der Waals surface area (Å²) in [5.41, 5.74) is -0.0199. The highest BCUT2D eigenvalue weighted by atomic mass is 19.1. The standard InChI is InChI=1S/C17H21FN2O2/c1-16(2)12-8-15(19-21)17(3,9-13(12)16)20(22)10-11-6-4-5-7-14(11)18/h4-7,10,12-13,21H,8-9H2,1-3H3/b19-15+,20-10?. The lowest BCUT2D eigenvalue weighted by Gasteiger charge is -2.31. The number of hydroxylamine groups is 1. The summed E-state index contributed by atoms with van der Waals surface area (Å²) >= 11 is 0. The third-order valence-corrected chi connectivity index (χ3v) is 5.71. The van der Waals surface area contributed by atoms with Gasteiger partial charge >= 0.3 is 0 Å². The lowest BCUT2D eigenvalue weighted by molar-refractivity contribution is -0.521. The van der Waals surface area contributed by atoms with E-state index in [1.165, 1.54) is 12.3 Å². The maximum absolute atomic E-state index is 13.8. The molecule has 0 saturated heterocycles. The van der Waals surface area contributed by atoms with E-state index in [2.05, 4.69) is 19.0 Å². The molecule has 1 aromatic rings. The number of hydrogen-bond donors (Lipinski definition) is 1. The van der Waals surface area contributed by atoms with Crippen LogP contribution in [-0.4, -0.2) is 27.4 Å². The first-order valence-electron chi connectivity index (χ1n) is 7.58. The van der Waals surface area contributed by atoms with Crippen LogP contribution in [0.1, 0.15) is 39.2 Å². The van der Waals surface area contributed by atoms with Gasteiger partial charge in [-0.25, -0.2) is 9.13 Å². The van der Waals surface area contributed by atoms with Gasteiger partial charge in [0.2, 0.25) is 5.54 Å². The summed E-state index contributed by atoms with van der Waals surface area (Å²) in [5.74, 6) is 0.469. The Bertz CT molecular complexity index is 668. The number of hydrogen-bond acceptors (Lipinski definition) is 3. The second-order valence-electron chi connectivity index (χ2n) is 7.24. The minimum atomic E-state index is -0.925. The van der Waals surface area contributed by atoms with E-state index in [4.69, 9.17) is 0 Å². The molecule has 22 heavy (non-hydrogen) atoms. The van der Waals surface area contributed by atoms with Crippen LogP contribution in [0.3, 0.4) is 0 Å². The SMILES string of the molecule is CC1(C)C2C/C(=N\O)C(C)([N+]([O-])=Cc3ccccc3F)CC21. The zero-order valence-corrected chi connectivity index (χ0v) is 13.1. The van der Waals surface area contributed by atoms with Gasteiger partial charge in [-0.15, -0.1) is 0 Å². The van der Waals surface area contributed by atoms with E-state index in [0.717, 1.165) is 4.74 Å². The predicted molar refractivity (Wildman–Crippen MR) is 82.8 cm³/mol. The first-order chi connectivity index (χ1) is 10.3. The smallest absolute Gasteiger partial charge is 0.211 e. The van der Waals surface area contributed by atoms with Crippen molar-refractivity contribution in [2.75, 3.05) is 0 Å². The van der Waals surface area contributed by atoms with Gasteiger partial charge in [0.25, 0.3) is 0 Å². The third-order valence-electron chi connectivity index (χ3n) is 5.71.